The molecule has 0 aliphatic carbocycles. The van der Waals surface area contributed by atoms with Gasteiger partial charge in [0.1, 0.15) is 5.76 Å². The van der Waals surface area contributed by atoms with Crippen molar-refractivity contribution < 1.29 is 23.4 Å². The lowest BCUT2D eigenvalue weighted by atomic mass is 9.93. The van der Waals surface area contributed by atoms with E-state index in [4.69, 9.17) is 23.6 Å². The lowest BCUT2D eigenvalue weighted by molar-refractivity contribution is -0.138. The fourth-order valence-electron chi connectivity index (χ4n) is 4.28. The highest BCUT2D eigenvalue weighted by Crippen LogP contribution is 2.38. The standard InChI is InChI=1S/C28H24N2O6S/c1-4-35-27(32)23-24(17-9-6-5-7-10-17)29-28-30(26(31)22(37-28)16-19-11-8-14-36-19)25(23)18-12-13-20(33-2)21(15-18)34-3/h5-16,25H,4H2,1-3H3/b22-16-/t25-/m1/s1. The SMILES string of the molecule is CCOC(=O)C1=C(c2ccccc2)N=c2s/c(=C\c3ccco3)c(=O)n2[C@@H]1c1ccc(OC)c(OC)c1. The zero-order chi connectivity index (χ0) is 25.9. The maximum Gasteiger partial charge on any atom is 0.338 e. The highest BCUT2D eigenvalue weighted by Gasteiger charge is 2.35. The van der Waals surface area contributed by atoms with Gasteiger partial charge in [-0.25, -0.2) is 9.79 Å². The summed E-state index contributed by atoms with van der Waals surface area (Å²) < 4.78 is 23.8. The molecule has 1 atom stereocenters. The van der Waals surface area contributed by atoms with Gasteiger partial charge in [0.2, 0.25) is 0 Å². The summed E-state index contributed by atoms with van der Waals surface area (Å²) in [5.41, 5.74) is 1.80. The van der Waals surface area contributed by atoms with Crippen LogP contribution in [0.15, 0.2) is 86.7 Å². The molecule has 188 valence electrons. The summed E-state index contributed by atoms with van der Waals surface area (Å²) in [6.07, 6.45) is 3.22. The van der Waals surface area contributed by atoms with Crippen LogP contribution in [0.3, 0.4) is 0 Å². The van der Waals surface area contributed by atoms with Crippen molar-refractivity contribution in [2.24, 2.45) is 4.99 Å². The Bertz CT molecular complexity index is 1650. The first-order chi connectivity index (χ1) is 18.0. The first-order valence-electron chi connectivity index (χ1n) is 11.6. The highest BCUT2D eigenvalue weighted by molar-refractivity contribution is 7.07. The van der Waals surface area contributed by atoms with Crippen LogP contribution >= 0.6 is 11.3 Å². The summed E-state index contributed by atoms with van der Waals surface area (Å²) in [6.45, 7) is 1.91. The number of ether oxygens (including phenoxy) is 3. The highest BCUT2D eigenvalue weighted by atomic mass is 32.1. The summed E-state index contributed by atoms with van der Waals surface area (Å²) in [6, 6.07) is 17.4. The minimum absolute atomic E-state index is 0.173. The van der Waals surface area contributed by atoms with Crippen molar-refractivity contribution in [2.45, 2.75) is 13.0 Å². The minimum Gasteiger partial charge on any atom is -0.493 e. The van der Waals surface area contributed by atoms with Crippen LogP contribution in [0.4, 0.5) is 0 Å². The molecule has 0 saturated carbocycles. The molecule has 0 radical (unpaired) electrons. The molecule has 0 fully saturated rings. The summed E-state index contributed by atoms with van der Waals surface area (Å²) in [7, 11) is 3.08. The second-order valence-corrected chi connectivity index (χ2v) is 9.07. The molecule has 37 heavy (non-hydrogen) atoms. The molecule has 1 aliphatic heterocycles. The minimum atomic E-state index is -0.816. The molecule has 0 spiro atoms. The number of benzene rings is 2. The fourth-order valence-corrected chi connectivity index (χ4v) is 5.26. The Morgan fingerprint density at radius 3 is 2.54 bits per heavy atom. The molecule has 1 aliphatic rings. The van der Waals surface area contributed by atoms with Gasteiger partial charge < -0.3 is 18.6 Å². The number of aromatic nitrogens is 1. The third-order valence-corrected chi connectivity index (χ3v) is 6.90. The van der Waals surface area contributed by atoms with Gasteiger partial charge in [-0.2, -0.15) is 0 Å². The number of fused-ring (bicyclic) bond motifs is 1. The van der Waals surface area contributed by atoms with Crippen LogP contribution in [0.1, 0.15) is 29.9 Å². The van der Waals surface area contributed by atoms with Crippen LogP contribution < -0.4 is 24.4 Å². The van der Waals surface area contributed by atoms with E-state index in [9.17, 15) is 9.59 Å². The Kier molecular flexibility index (Phi) is 6.78. The van der Waals surface area contributed by atoms with E-state index >= 15 is 0 Å². The van der Waals surface area contributed by atoms with Gasteiger partial charge in [-0.3, -0.25) is 9.36 Å². The average Bonchev–Trinajstić information content (AvgIpc) is 3.55. The molecule has 0 unspecified atom stereocenters. The quantitative estimate of drug-likeness (QED) is 0.349. The van der Waals surface area contributed by atoms with E-state index in [-0.39, 0.29) is 17.7 Å². The summed E-state index contributed by atoms with van der Waals surface area (Å²) in [5, 5.41) is 0. The predicted molar refractivity (Wildman–Crippen MR) is 139 cm³/mol. The maximum absolute atomic E-state index is 13.8. The van der Waals surface area contributed by atoms with E-state index in [0.29, 0.717) is 37.9 Å². The number of thiazole rings is 1. The molecule has 0 amide bonds. The molecule has 2 aromatic heterocycles. The molecular formula is C28H24N2O6S. The Morgan fingerprint density at radius 2 is 1.86 bits per heavy atom. The molecule has 0 bridgehead atoms. The van der Waals surface area contributed by atoms with Crippen molar-refractivity contribution in [3.8, 4) is 11.5 Å². The first-order valence-corrected chi connectivity index (χ1v) is 12.4. The lowest BCUT2D eigenvalue weighted by Crippen LogP contribution is -2.40. The van der Waals surface area contributed by atoms with Crippen molar-refractivity contribution >= 4 is 29.1 Å². The van der Waals surface area contributed by atoms with E-state index < -0.39 is 12.0 Å². The number of nitrogens with zero attached hydrogens (tertiary/aromatic N) is 2. The topological polar surface area (TPSA) is 92.3 Å². The third-order valence-electron chi connectivity index (χ3n) is 5.91. The Labute approximate surface area is 216 Å². The van der Waals surface area contributed by atoms with Crippen LogP contribution in [-0.4, -0.2) is 31.4 Å². The molecule has 9 heteroatoms. The molecule has 0 N–H and O–H groups in total. The Morgan fingerprint density at radius 1 is 1.08 bits per heavy atom. The van der Waals surface area contributed by atoms with Crippen LogP contribution in [-0.2, 0) is 9.53 Å². The lowest BCUT2D eigenvalue weighted by Gasteiger charge is -2.26. The van der Waals surface area contributed by atoms with Crippen molar-refractivity contribution in [3.05, 3.63) is 109 Å². The van der Waals surface area contributed by atoms with Crippen molar-refractivity contribution in [2.75, 3.05) is 20.8 Å². The summed E-state index contributed by atoms with van der Waals surface area (Å²) in [4.78, 5) is 32.5. The Hall–Kier alpha value is -4.37. The number of rotatable bonds is 7. The molecule has 0 saturated heterocycles. The second kappa shape index (κ2) is 10.3. The van der Waals surface area contributed by atoms with Gasteiger partial charge in [0.05, 0.1) is 48.9 Å². The number of carbonyl (C=O) groups is 1. The van der Waals surface area contributed by atoms with E-state index in [1.54, 1.807) is 50.6 Å². The number of esters is 1. The number of hydrogen-bond acceptors (Lipinski definition) is 8. The first kappa shape index (κ1) is 24.3. The van der Waals surface area contributed by atoms with Gasteiger partial charge in [0.15, 0.2) is 16.3 Å². The second-order valence-electron chi connectivity index (χ2n) is 8.06. The zero-order valence-electron chi connectivity index (χ0n) is 20.5. The predicted octanol–water partition coefficient (Wildman–Crippen LogP) is 3.55. The molecule has 2 aromatic carbocycles. The van der Waals surface area contributed by atoms with Gasteiger partial charge in [0, 0.05) is 11.6 Å². The van der Waals surface area contributed by atoms with Gasteiger partial charge >= 0.3 is 5.97 Å². The third kappa shape index (κ3) is 4.49. The normalized spacial score (nSPS) is 15.2. The smallest absolute Gasteiger partial charge is 0.338 e. The van der Waals surface area contributed by atoms with E-state index in [1.807, 2.05) is 36.4 Å². The van der Waals surface area contributed by atoms with E-state index in [0.717, 1.165) is 5.56 Å². The average molecular weight is 517 g/mol. The molecular weight excluding hydrogens is 492 g/mol. The van der Waals surface area contributed by atoms with Crippen molar-refractivity contribution in [3.63, 3.8) is 0 Å². The number of methoxy groups -OCH3 is 2. The van der Waals surface area contributed by atoms with E-state index in [2.05, 4.69) is 0 Å². The Balaban J connectivity index is 1.85. The molecule has 3 heterocycles. The molecule has 5 rings (SSSR count). The van der Waals surface area contributed by atoms with Crippen molar-refractivity contribution in [1.82, 2.24) is 4.57 Å². The molecule has 8 nitrogen and oxygen atoms in total. The van der Waals surface area contributed by atoms with Gasteiger partial charge in [0.25, 0.3) is 5.56 Å². The number of hydrogen-bond donors (Lipinski definition) is 0. The van der Waals surface area contributed by atoms with Crippen LogP contribution in [0.5, 0.6) is 11.5 Å². The fraction of sp³-hybridized carbons (Fsp3) is 0.179. The van der Waals surface area contributed by atoms with Gasteiger partial charge in [-0.1, -0.05) is 47.7 Å². The molecule has 4 aromatic rings. The van der Waals surface area contributed by atoms with E-state index in [1.165, 1.54) is 23.0 Å². The maximum atomic E-state index is 13.8. The zero-order valence-corrected chi connectivity index (χ0v) is 21.3. The number of furan rings is 1. The van der Waals surface area contributed by atoms with Crippen LogP contribution in [0, 0.1) is 0 Å². The largest absolute Gasteiger partial charge is 0.493 e. The monoisotopic (exact) mass is 516 g/mol. The van der Waals surface area contributed by atoms with Gasteiger partial charge in [-0.15, -0.1) is 0 Å². The van der Waals surface area contributed by atoms with Crippen LogP contribution in [0.25, 0.3) is 11.8 Å². The van der Waals surface area contributed by atoms with Crippen LogP contribution in [0.2, 0.25) is 0 Å². The van der Waals surface area contributed by atoms with Crippen molar-refractivity contribution in [1.29, 1.82) is 0 Å². The van der Waals surface area contributed by atoms with Gasteiger partial charge in [-0.05, 0) is 36.8 Å². The summed E-state index contributed by atoms with van der Waals surface area (Å²) >= 11 is 1.23. The number of carbonyl (C=O) groups excluding carboxylic acids is 1. The summed E-state index contributed by atoms with van der Waals surface area (Å²) in [5.74, 6) is 0.992.